The molecular weight excluding hydrogens is 310 g/mol. The largest absolute Gasteiger partial charge is 0.496 e. The summed E-state index contributed by atoms with van der Waals surface area (Å²) in [4.78, 5) is 23.1. The van der Waals surface area contributed by atoms with Gasteiger partial charge in [-0.05, 0) is 30.2 Å². The maximum atomic E-state index is 11.9. The molecule has 6 heteroatoms. The lowest BCUT2D eigenvalue weighted by Crippen LogP contribution is -2.27. The average molecular weight is 329 g/mol. The van der Waals surface area contributed by atoms with Crippen LogP contribution in [0.1, 0.15) is 34.5 Å². The molecule has 1 atom stereocenters. The third-order valence-corrected chi connectivity index (χ3v) is 3.50. The minimum absolute atomic E-state index is 0.0429. The van der Waals surface area contributed by atoms with Gasteiger partial charge < -0.3 is 19.9 Å². The van der Waals surface area contributed by atoms with Gasteiger partial charge in [-0.15, -0.1) is 0 Å². The minimum atomic E-state index is -1.09. The zero-order valence-corrected chi connectivity index (χ0v) is 13.5. The Bertz CT molecular complexity index is 715. The zero-order chi connectivity index (χ0) is 17.5. The topological polar surface area (TPSA) is 84.9 Å². The quantitative estimate of drug-likeness (QED) is 0.848. The van der Waals surface area contributed by atoms with Gasteiger partial charge in [0.15, 0.2) is 0 Å². The van der Waals surface area contributed by atoms with Crippen molar-refractivity contribution < 1.29 is 24.2 Å². The van der Waals surface area contributed by atoms with Gasteiger partial charge >= 0.3 is 12.1 Å². The Morgan fingerprint density at radius 2 is 1.88 bits per heavy atom. The fourth-order valence-corrected chi connectivity index (χ4v) is 2.19. The van der Waals surface area contributed by atoms with Crippen molar-refractivity contribution in [3.63, 3.8) is 0 Å². The van der Waals surface area contributed by atoms with E-state index in [1.165, 1.54) is 13.2 Å². The summed E-state index contributed by atoms with van der Waals surface area (Å²) in [5.41, 5.74) is 1.57. The van der Waals surface area contributed by atoms with E-state index in [2.05, 4.69) is 5.32 Å². The van der Waals surface area contributed by atoms with Crippen molar-refractivity contribution in [1.82, 2.24) is 5.32 Å². The molecule has 0 saturated carbocycles. The van der Waals surface area contributed by atoms with Gasteiger partial charge in [0.05, 0.1) is 13.2 Å². The van der Waals surface area contributed by atoms with Crippen LogP contribution in [0, 0.1) is 0 Å². The van der Waals surface area contributed by atoms with Crippen molar-refractivity contribution in [3.05, 3.63) is 65.2 Å². The second kappa shape index (κ2) is 8.01. The number of hydrogen-bond acceptors (Lipinski definition) is 4. The van der Waals surface area contributed by atoms with Gasteiger partial charge in [-0.3, -0.25) is 0 Å². The first-order chi connectivity index (χ1) is 11.5. The van der Waals surface area contributed by atoms with E-state index in [4.69, 9.17) is 9.47 Å². The Morgan fingerprint density at radius 1 is 1.17 bits per heavy atom. The number of hydrogen-bond donors (Lipinski definition) is 2. The molecule has 2 aromatic carbocycles. The van der Waals surface area contributed by atoms with Crippen molar-refractivity contribution in [3.8, 4) is 5.75 Å². The summed E-state index contributed by atoms with van der Waals surface area (Å²) >= 11 is 0. The Balaban J connectivity index is 1.98. The number of ether oxygens (including phenoxy) is 2. The summed E-state index contributed by atoms with van der Waals surface area (Å²) in [5.74, 6) is -0.822. The molecule has 126 valence electrons. The van der Waals surface area contributed by atoms with Crippen LogP contribution in [0.4, 0.5) is 4.79 Å². The van der Waals surface area contributed by atoms with E-state index >= 15 is 0 Å². The van der Waals surface area contributed by atoms with Gasteiger partial charge in [-0.2, -0.15) is 0 Å². The van der Waals surface area contributed by atoms with Crippen molar-refractivity contribution in [1.29, 1.82) is 0 Å². The van der Waals surface area contributed by atoms with E-state index in [1.54, 1.807) is 19.1 Å². The van der Waals surface area contributed by atoms with Crippen LogP contribution in [-0.2, 0) is 11.3 Å². The molecule has 24 heavy (non-hydrogen) atoms. The van der Waals surface area contributed by atoms with Crippen LogP contribution in [0.15, 0.2) is 48.5 Å². The Hall–Kier alpha value is -3.02. The van der Waals surface area contributed by atoms with Crippen molar-refractivity contribution in [2.45, 2.75) is 19.6 Å². The molecule has 0 heterocycles. The van der Waals surface area contributed by atoms with Crippen LogP contribution in [0.3, 0.4) is 0 Å². The number of alkyl carbamates (subject to hydrolysis) is 1. The van der Waals surface area contributed by atoms with E-state index in [0.717, 1.165) is 5.56 Å². The molecule has 2 rings (SSSR count). The number of carboxylic acid groups (broad SMARTS) is 1. The monoisotopic (exact) mass is 329 g/mol. The first kappa shape index (κ1) is 17.3. The predicted octanol–water partition coefficient (Wildman–Crippen LogP) is 3.38. The molecule has 0 unspecified atom stereocenters. The van der Waals surface area contributed by atoms with Crippen LogP contribution in [0.5, 0.6) is 5.75 Å². The highest BCUT2D eigenvalue weighted by molar-refractivity contribution is 5.91. The number of carbonyl (C=O) groups excluding carboxylic acids is 1. The normalized spacial score (nSPS) is 11.4. The molecule has 0 aliphatic carbocycles. The standard InChI is InChI=1S/C18H19NO5/c1-12(14-8-9-16(23-2)15(10-14)17(20)21)19-18(22)24-11-13-6-4-3-5-7-13/h3-10,12H,11H2,1-2H3,(H,19,22)(H,20,21)/t12-/m0/s1. The van der Waals surface area contributed by atoms with E-state index in [9.17, 15) is 14.7 Å². The molecule has 0 aliphatic heterocycles. The molecule has 0 aromatic heterocycles. The molecule has 6 nitrogen and oxygen atoms in total. The summed E-state index contributed by atoms with van der Waals surface area (Å²) in [6.45, 7) is 1.92. The first-order valence-electron chi connectivity index (χ1n) is 7.39. The maximum Gasteiger partial charge on any atom is 0.407 e. The summed E-state index contributed by atoms with van der Waals surface area (Å²) in [5, 5.41) is 11.9. The molecule has 0 spiro atoms. The highest BCUT2D eigenvalue weighted by Crippen LogP contribution is 2.23. The summed E-state index contributed by atoms with van der Waals surface area (Å²) in [7, 11) is 1.41. The van der Waals surface area contributed by atoms with Crippen LogP contribution in [0.2, 0.25) is 0 Å². The Kier molecular flexibility index (Phi) is 5.78. The summed E-state index contributed by atoms with van der Waals surface area (Å²) < 4.78 is 10.2. The van der Waals surface area contributed by atoms with Gasteiger partial charge in [0.25, 0.3) is 0 Å². The van der Waals surface area contributed by atoms with Gasteiger partial charge in [0, 0.05) is 0 Å². The lowest BCUT2D eigenvalue weighted by Gasteiger charge is -2.16. The fourth-order valence-electron chi connectivity index (χ4n) is 2.19. The molecule has 2 aromatic rings. The van der Waals surface area contributed by atoms with Gasteiger partial charge in [-0.1, -0.05) is 36.4 Å². The third kappa shape index (κ3) is 4.49. The van der Waals surface area contributed by atoms with E-state index in [0.29, 0.717) is 5.56 Å². The highest BCUT2D eigenvalue weighted by atomic mass is 16.5. The highest BCUT2D eigenvalue weighted by Gasteiger charge is 2.16. The Morgan fingerprint density at radius 3 is 2.50 bits per heavy atom. The van der Waals surface area contributed by atoms with Crippen LogP contribution < -0.4 is 10.1 Å². The summed E-state index contributed by atoms with van der Waals surface area (Å²) in [6, 6.07) is 13.7. The SMILES string of the molecule is COc1ccc([C@H](C)NC(=O)OCc2ccccc2)cc1C(=O)O. The number of rotatable bonds is 6. The number of benzene rings is 2. The van der Waals surface area contributed by atoms with Gasteiger partial charge in [0.1, 0.15) is 17.9 Å². The lowest BCUT2D eigenvalue weighted by atomic mass is 10.0. The fraction of sp³-hybridized carbons (Fsp3) is 0.222. The minimum Gasteiger partial charge on any atom is -0.496 e. The lowest BCUT2D eigenvalue weighted by molar-refractivity contribution is 0.0693. The van der Waals surface area contributed by atoms with Crippen LogP contribution in [0.25, 0.3) is 0 Å². The van der Waals surface area contributed by atoms with Crippen molar-refractivity contribution >= 4 is 12.1 Å². The third-order valence-electron chi connectivity index (χ3n) is 3.50. The smallest absolute Gasteiger partial charge is 0.407 e. The molecule has 0 radical (unpaired) electrons. The molecule has 0 aliphatic rings. The molecule has 1 amide bonds. The number of carbonyl (C=O) groups is 2. The number of aromatic carboxylic acids is 1. The zero-order valence-electron chi connectivity index (χ0n) is 13.5. The molecule has 0 bridgehead atoms. The second-order valence-electron chi connectivity index (χ2n) is 5.19. The van der Waals surface area contributed by atoms with E-state index < -0.39 is 18.1 Å². The van der Waals surface area contributed by atoms with E-state index in [1.807, 2.05) is 30.3 Å². The maximum absolute atomic E-state index is 11.9. The first-order valence-corrected chi connectivity index (χ1v) is 7.39. The molecule has 0 saturated heterocycles. The molecule has 2 N–H and O–H groups in total. The van der Waals surface area contributed by atoms with Crippen LogP contribution in [-0.4, -0.2) is 24.3 Å². The number of amides is 1. The second-order valence-corrected chi connectivity index (χ2v) is 5.19. The molecule has 0 fully saturated rings. The molecular formula is C18H19NO5. The number of methoxy groups -OCH3 is 1. The number of nitrogens with one attached hydrogen (secondary N) is 1. The van der Waals surface area contributed by atoms with Crippen LogP contribution >= 0.6 is 0 Å². The van der Waals surface area contributed by atoms with Gasteiger partial charge in [0.2, 0.25) is 0 Å². The van der Waals surface area contributed by atoms with Crippen molar-refractivity contribution in [2.75, 3.05) is 7.11 Å². The Labute approximate surface area is 140 Å². The average Bonchev–Trinajstić information content (AvgIpc) is 2.60. The predicted molar refractivity (Wildman–Crippen MR) is 88.1 cm³/mol. The number of carboxylic acids is 1. The van der Waals surface area contributed by atoms with E-state index in [-0.39, 0.29) is 17.9 Å². The van der Waals surface area contributed by atoms with Crippen molar-refractivity contribution in [2.24, 2.45) is 0 Å². The van der Waals surface area contributed by atoms with Gasteiger partial charge in [-0.25, -0.2) is 9.59 Å². The summed E-state index contributed by atoms with van der Waals surface area (Å²) in [6.07, 6.45) is -0.570.